The summed E-state index contributed by atoms with van der Waals surface area (Å²) in [6.07, 6.45) is 2.68. The van der Waals surface area contributed by atoms with Gasteiger partial charge in [-0.2, -0.15) is 0 Å². The fourth-order valence-electron chi connectivity index (χ4n) is 2.69. The summed E-state index contributed by atoms with van der Waals surface area (Å²) in [5, 5.41) is 3.52. The summed E-state index contributed by atoms with van der Waals surface area (Å²) in [6, 6.07) is 9.11. The monoisotopic (exact) mass is 401 g/mol. The Kier molecular flexibility index (Phi) is 5.87. The summed E-state index contributed by atoms with van der Waals surface area (Å²) in [5.41, 5.74) is 2.59. The Balaban J connectivity index is 0.00000161. The van der Waals surface area contributed by atoms with Gasteiger partial charge in [0.2, 0.25) is 0 Å². The number of ether oxygens (including phenoxy) is 1. The number of halogens is 1. The summed E-state index contributed by atoms with van der Waals surface area (Å²) >= 11 is 0. The predicted molar refractivity (Wildman–Crippen MR) is 96.4 cm³/mol. The van der Waals surface area contributed by atoms with Gasteiger partial charge in [0.15, 0.2) is 5.96 Å². The molecule has 1 aliphatic carbocycles. The number of hydrogen-bond donors (Lipinski definition) is 1. The molecule has 0 amide bonds. The molecule has 1 saturated heterocycles. The highest BCUT2D eigenvalue weighted by molar-refractivity contribution is 14.0. The Labute approximate surface area is 144 Å². The lowest BCUT2D eigenvalue weighted by Crippen LogP contribution is -2.48. The van der Waals surface area contributed by atoms with Crippen molar-refractivity contribution in [3.05, 3.63) is 35.4 Å². The van der Waals surface area contributed by atoms with Crippen LogP contribution in [-0.4, -0.2) is 43.6 Å². The molecule has 0 aromatic heterocycles. The van der Waals surface area contributed by atoms with E-state index in [0.717, 1.165) is 25.7 Å². The van der Waals surface area contributed by atoms with Gasteiger partial charge in [-0.15, -0.1) is 24.0 Å². The van der Waals surface area contributed by atoms with E-state index in [4.69, 9.17) is 4.74 Å². The highest BCUT2D eigenvalue weighted by Crippen LogP contribution is 2.25. The first kappa shape index (κ1) is 16.5. The van der Waals surface area contributed by atoms with Gasteiger partial charge in [-0.25, -0.2) is 0 Å². The van der Waals surface area contributed by atoms with Crippen LogP contribution in [0.1, 0.15) is 30.1 Å². The molecule has 1 saturated carbocycles. The third-order valence-electron chi connectivity index (χ3n) is 4.02. The molecule has 116 valence electrons. The molecule has 3 rings (SSSR count). The summed E-state index contributed by atoms with van der Waals surface area (Å²) < 4.78 is 5.97. The number of nitrogens with zero attached hydrogens (tertiary/aromatic N) is 2. The van der Waals surface area contributed by atoms with Gasteiger partial charge >= 0.3 is 0 Å². The highest BCUT2D eigenvalue weighted by Gasteiger charge is 2.28. The van der Waals surface area contributed by atoms with Crippen LogP contribution in [0.2, 0.25) is 0 Å². The maximum absolute atomic E-state index is 5.97. The van der Waals surface area contributed by atoms with Crippen molar-refractivity contribution in [1.29, 1.82) is 0 Å². The summed E-state index contributed by atoms with van der Waals surface area (Å²) in [4.78, 5) is 6.74. The molecule has 1 unspecified atom stereocenters. The highest BCUT2D eigenvalue weighted by atomic mass is 127. The minimum absolute atomic E-state index is 0. The van der Waals surface area contributed by atoms with Gasteiger partial charge in [0.25, 0.3) is 0 Å². The average Bonchev–Trinajstić information content (AvgIpc) is 3.29. The van der Waals surface area contributed by atoms with Crippen molar-refractivity contribution in [2.75, 3.05) is 26.7 Å². The van der Waals surface area contributed by atoms with Crippen LogP contribution in [0.5, 0.6) is 0 Å². The fraction of sp³-hybridized carbons (Fsp3) is 0.562. The van der Waals surface area contributed by atoms with Crippen molar-refractivity contribution in [2.45, 2.75) is 31.9 Å². The van der Waals surface area contributed by atoms with Crippen LogP contribution in [-0.2, 0) is 4.74 Å². The smallest absolute Gasteiger partial charge is 0.194 e. The molecule has 1 atom stereocenters. The topological polar surface area (TPSA) is 36.9 Å². The van der Waals surface area contributed by atoms with Crippen LogP contribution < -0.4 is 5.32 Å². The zero-order chi connectivity index (χ0) is 13.9. The molecule has 1 aromatic rings. The van der Waals surface area contributed by atoms with Crippen LogP contribution in [0.15, 0.2) is 29.3 Å². The van der Waals surface area contributed by atoms with Gasteiger partial charge in [0.1, 0.15) is 6.10 Å². The molecule has 21 heavy (non-hydrogen) atoms. The second-order valence-electron chi connectivity index (χ2n) is 5.63. The van der Waals surface area contributed by atoms with Crippen molar-refractivity contribution in [3.8, 4) is 0 Å². The van der Waals surface area contributed by atoms with Crippen LogP contribution in [0.25, 0.3) is 0 Å². The fourth-order valence-corrected chi connectivity index (χ4v) is 2.69. The number of benzene rings is 1. The molecule has 1 aromatic carbocycles. The molecule has 1 N–H and O–H groups in total. The Hall–Kier alpha value is -0.820. The standard InChI is InChI=1S/C16H23N3O.HI/c1-12-5-3-4-6-14(12)15-11-19(9-10-20-15)16(17-2)18-13-7-8-13;/h3-6,13,15H,7-11H2,1-2H3,(H,17,18);1H. The lowest BCUT2D eigenvalue weighted by Gasteiger charge is -2.35. The lowest BCUT2D eigenvalue weighted by atomic mass is 10.0. The van der Waals surface area contributed by atoms with Crippen LogP contribution in [0.4, 0.5) is 0 Å². The van der Waals surface area contributed by atoms with Crippen molar-refractivity contribution in [2.24, 2.45) is 4.99 Å². The Morgan fingerprint density at radius 1 is 1.33 bits per heavy atom. The zero-order valence-corrected chi connectivity index (χ0v) is 15.0. The maximum Gasteiger partial charge on any atom is 0.194 e. The number of hydrogen-bond acceptors (Lipinski definition) is 2. The third kappa shape index (κ3) is 4.10. The Morgan fingerprint density at radius 3 is 2.76 bits per heavy atom. The number of morpholine rings is 1. The van der Waals surface area contributed by atoms with E-state index < -0.39 is 0 Å². The minimum Gasteiger partial charge on any atom is -0.370 e. The second kappa shape index (κ2) is 7.45. The summed E-state index contributed by atoms with van der Waals surface area (Å²) in [6.45, 7) is 4.69. The molecular formula is C16H24IN3O. The van der Waals surface area contributed by atoms with Crippen molar-refractivity contribution in [3.63, 3.8) is 0 Å². The molecule has 2 aliphatic rings. The number of nitrogens with one attached hydrogen (secondary N) is 1. The van der Waals surface area contributed by atoms with Gasteiger partial charge < -0.3 is 15.0 Å². The van der Waals surface area contributed by atoms with Crippen LogP contribution in [0, 0.1) is 6.92 Å². The quantitative estimate of drug-likeness (QED) is 0.471. The molecule has 0 spiro atoms. The molecular weight excluding hydrogens is 377 g/mol. The number of aryl methyl sites for hydroxylation is 1. The zero-order valence-electron chi connectivity index (χ0n) is 12.7. The summed E-state index contributed by atoms with van der Waals surface area (Å²) in [5.74, 6) is 1.02. The van der Waals surface area contributed by atoms with E-state index in [9.17, 15) is 0 Å². The predicted octanol–water partition coefficient (Wildman–Crippen LogP) is 2.72. The molecule has 5 heteroatoms. The van der Waals surface area contributed by atoms with E-state index in [1.807, 2.05) is 7.05 Å². The Bertz CT molecular complexity index is 502. The lowest BCUT2D eigenvalue weighted by molar-refractivity contribution is -0.00834. The first-order valence-electron chi connectivity index (χ1n) is 7.43. The van der Waals surface area contributed by atoms with Crippen LogP contribution in [0.3, 0.4) is 0 Å². The molecule has 0 bridgehead atoms. The van der Waals surface area contributed by atoms with E-state index >= 15 is 0 Å². The molecule has 1 aliphatic heterocycles. The van der Waals surface area contributed by atoms with Gasteiger partial charge in [0.05, 0.1) is 13.2 Å². The molecule has 0 radical (unpaired) electrons. The van der Waals surface area contributed by atoms with Gasteiger partial charge in [-0.3, -0.25) is 4.99 Å². The minimum atomic E-state index is 0. The number of rotatable bonds is 2. The van der Waals surface area contributed by atoms with Crippen molar-refractivity contribution >= 4 is 29.9 Å². The Morgan fingerprint density at radius 2 is 2.10 bits per heavy atom. The van der Waals surface area contributed by atoms with E-state index in [1.165, 1.54) is 24.0 Å². The van der Waals surface area contributed by atoms with Gasteiger partial charge in [0, 0.05) is 19.6 Å². The van der Waals surface area contributed by atoms with Gasteiger partial charge in [-0.1, -0.05) is 24.3 Å². The number of aliphatic imine (C=N–C) groups is 1. The van der Waals surface area contributed by atoms with Gasteiger partial charge in [-0.05, 0) is 30.9 Å². The van der Waals surface area contributed by atoms with E-state index in [0.29, 0.717) is 6.04 Å². The van der Waals surface area contributed by atoms with E-state index in [1.54, 1.807) is 0 Å². The SMILES string of the molecule is CN=C(NC1CC1)N1CCOC(c2ccccc2C)C1.I. The van der Waals surface area contributed by atoms with Crippen molar-refractivity contribution < 1.29 is 4.74 Å². The van der Waals surface area contributed by atoms with E-state index in [2.05, 4.69) is 46.4 Å². The largest absolute Gasteiger partial charge is 0.370 e. The summed E-state index contributed by atoms with van der Waals surface area (Å²) in [7, 11) is 1.86. The molecule has 2 fully saturated rings. The third-order valence-corrected chi connectivity index (χ3v) is 4.02. The first-order chi connectivity index (χ1) is 9.78. The number of guanidine groups is 1. The normalized spacial score (nSPS) is 22.7. The first-order valence-corrected chi connectivity index (χ1v) is 7.43. The molecule has 4 nitrogen and oxygen atoms in total. The maximum atomic E-state index is 5.97. The molecule has 1 heterocycles. The second-order valence-corrected chi connectivity index (χ2v) is 5.63. The van der Waals surface area contributed by atoms with E-state index in [-0.39, 0.29) is 30.1 Å². The van der Waals surface area contributed by atoms with Crippen LogP contribution >= 0.6 is 24.0 Å². The average molecular weight is 401 g/mol. The van der Waals surface area contributed by atoms with Crippen molar-refractivity contribution in [1.82, 2.24) is 10.2 Å².